The maximum absolute atomic E-state index is 12.7. The monoisotopic (exact) mass is 424 g/mol. The van der Waals surface area contributed by atoms with Gasteiger partial charge in [0.25, 0.3) is 5.91 Å². The molecule has 0 aliphatic heterocycles. The Kier molecular flexibility index (Phi) is 7.30. The van der Waals surface area contributed by atoms with Gasteiger partial charge in [-0.2, -0.15) is 0 Å². The van der Waals surface area contributed by atoms with Gasteiger partial charge in [0.05, 0.1) is 6.61 Å². The van der Waals surface area contributed by atoms with E-state index in [0.717, 1.165) is 41.5 Å². The number of anilines is 4. The van der Waals surface area contributed by atoms with Crippen molar-refractivity contribution in [3.63, 3.8) is 0 Å². The Labute approximate surface area is 181 Å². The molecule has 3 aromatic rings. The molecule has 2 aromatic carbocycles. The SMILES string of the molecule is CCOc1ccc(Nc2nc(C(=O)Nc3ccc(N(CC)CC)cc3C)cs2)cc1. The summed E-state index contributed by atoms with van der Waals surface area (Å²) in [5.74, 6) is 0.606. The molecule has 0 atom stereocenters. The number of ether oxygens (including phenoxy) is 1. The van der Waals surface area contributed by atoms with Gasteiger partial charge < -0.3 is 20.3 Å². The number of amides is 1. The molecule has 7 heteroatoms. The van der Waals surface area contributed by atoms with E-state index in [4.69, 9.17) is 4.74 Å². The molecule has 0 spiro atoms. The Morgan fingerprint density at radius 2 is 1.83 bits per heavy atom. The average molecular weight is 425 g/mol. The summed E-state index contributed by atoms with van der Waals surface area (Å²) in [4.78, 5) is 19.4. The number of rotatable bonds is 9. The minimum Gasteiger partial charge on any atom is -0.494 e. The molecule has 3 rings (SSSR count). The quantitative estimate of drug-likeness (QED) is 0.462. The highest BCUT2D eigenvalue weighted by molar-refractivity contribution is 7.14. The molecule has 30 heavy (non-hydrogen) atoms. The van der Waals surface area contributed by atoms with Crippen molar-refractivity contribution in [1.82, 2.24) is 4.98 Å². The van der Waals surface area contributed by atoms with Gasteiger partial charge in [-0.15, -0.1) is 11.3 Å². The Morgan fingerprint density at radius 1 is 1.10 bits per heavy atom. The summed E-state index contributed by atoms with van der Waals surface area (Å²) in [7, 11) is 0. The molecule has 0 unspecified atom stereocenters. The van der Waals surface area contributed by atoms with Gasteiger partial charge in [0.1, 0.15) is 11.4 Å². The first-order valence-corrected chi connectivity index (χ1v) is 11.0. The number of aryl methyl sites for hydroxylation is 1. The van der Waals surface area contributed by atoms with Crippen molar-refractivity contribution >= 4 is 39.4 Å². The second-order valence-corrected chi connectivity index (χ2v) is 7.60. The van der Waals surface area contributed by atoms with Crippen molar-refractivity contribution in [3.8, 4) is 5.75 Å². The number of hydrogen-bond donors (Lipinski definition) is 2. The number of nitrogens with one attached hydrogen (secondary N) is 2. The molecule has 0 saturated heterocycles. The molecule has 6 nitrogen and oxygen atoms in total. The lowest BCUT2D eigenvalue weighted by molar-refractivity contribution is 0.102. The molecule has 0 bridgehead atoms. The van der Waals surface area contributed by atoms with Gasteiger partial charge in [0.15, 0.2) is 5.13 Å². The lowest BCUT2D eigenvalue weighted by atomic mass is 10.1. The zero-order chi connectivity index (χ0) is 21.5. The minimum atomic E-state index is -0.218. The highest BCUT2D eigenvalue weighted by Crippen LogP contribution is 2.25. The predicted octanol–water partition coefficient (Wildman–Crippen LogP) is 5.69. The number of thiazole rings is 1. The lowest BCUT2D eigenvalue weighted by Gasteiger charge is -2.22. The molecule has 0 aliphatic rings. The van der Waals surface area contributed by atoms with Crippen molar-refractivity contribution in [3.05, 3.63) is 59.1 Å². The van der Waals surface area contributed by atoms with Gasteiger partial charge in [-0.3, -0.25) is 4.79 Å². The summed E-state index contributed by atoms with van der Waals surface area (Å²) < 4.78 is 5.45. The summed E-state index contributed by atoms with van der Waals surface area (Å²) in [6, 6.07) is 13.7. The largest absolute Gasteiger partial charge is 0.494 e. The smallest absolute Gasteiger partial charge is 0.275 e. The molecule has 2 N–H and O–H groups in total. The molecule has 1 amide bonds. The normalized spacial score (nSPS) is 10.5. The molecular weight excluding hydrogens is 396 g/mol. The van der Waals surface area contributed by atoms with Crippen LogP contribution in [-0.2, 0) is 0 Å². The van der Waals surface area contributed by atoms with Crippen LogP contribution in [0.15, 0.2) is 47.8 Å². The fourth-order valence-electron chi connectivity index (χ4n) is 3.12. The highest BCUT2D eigenvalue weighted by atomic mass is 32.1. The fraction of sp³-hybridized carbons (Fsp3) is 0.304. The maximum Gasteiger partial charge on any atom is 0.275 e. The van der Waals surface area contributed by atoms with Crippen LogP contribution in [0, 0.1) is 6.92 Å². The van der Waals surface area contributed by atoms with Crippen LogP contribution in [0.5, 0.6) is 5.75 Å². The third kappa shape index (κ3) is 5.30. The van der Waals surface area contributed by atoms with Crippen LogP contribution in [0.2, 0.25) is 0 Å². The number of aromatic nitrogens is 1. The Balaban J connectivity index is 1.65. The van der Waals surface area contributed by atoms with Gasteiger partial charge in [-0.25, -0.2) is 4.98 Å². The Bertz CT molecular complexity index is 981. The van der Waals surface area contributed by atoms with E-state index >= 15 is 0 Å². The number of carbonyl (C=O) groups excluding carboxylic acids is 1. The van der Waals surface area contributed by atoms with Crippen LogP contribution in [0.4, 0.5) is 22.2 Å². The maximum atomic E-state index is 12.7. The highest BCUT2D eigenvalue weighted by Gasteiger charge is 2.13. The summed E-state index contributed by atoms with van der Waals surface area (Å²) in [5.41, 5.74) is 4.26. The number of carbonyl (C=O) groups is 1. The van der Waals surface area contributed by atoms with Crippen LogP contribution in [0.1, 0.15) is 36.8 Å². The van der Waals surface area contributed by atoms with E-state index in [1.165, 1.54) is 11.3 Å². The fourth-order valence-corrected chi connectivity index (χ4v) is 3.83. The summed E-state index contributed by atoms with van der Waals surface area (Å²) in [6.45, 7) is 10.8. The molecule has 158 valence electrons. The third-order valence-electron chi connectivity index (χ3n) is 4.74. The van der Waals surface area contributed by atoms with E-state index in [2.05, 4.69) is 40.4 Å². The molecule has 1 aromatic heterocycles. The molecule has 1 heterocycles. The second-order valence-electron chi connectivity index (χ2n) is 6.75. The van der Waals surface area contributed by atoms with Gasteiger partial charge in [0.2, 0.25) is 0 Å². The van der Waals surface area contributed by atoms with Crippen molar-refractivity contribution in [2.75, 3.05) is 35.2 Å². The van der Waals surface area contributed by atoms with Crippen LogP contribution < -0.4 is 20.3 Å². The van der Waals surface area contributed by atoms with E-state index in [0.29, 0.717) is 17.4 Å². The second kappa shape index (κ2) is 10.1. The number of nitrogens with zero attached hydrogens (tertiary/aromatic N) is 2. The van der Waals surface area contributed by atoms with E-state index in [9.17, 15) is 4.79 Å². The summed E-state index contributed by atoms with van der Waals surface area (Å²) in [5, 5.41) is 8.61. The van der Waals surface area contributed by atoms with E-state index < -0.39 is 0 Å². The van der Waals surface area contributed by atoms with Gasteiger partial charge in [0, 0.05) is 35.5 Å². The minimum absolute atomic E-state index is 0.218. The molecule has 0 fully saturated rings. The van der Waals surface area contributed by atoms with Crippen molar-refractivity contribution < 1.29 is 9.53 Å². The van der Waals surface area contributed by atoms with Crippen LogP contribution >= 0.6 is 11.3 Å². The van der Waals surface area contributed by atoms with Crippen molar-refractivity contribution in [1.29, 1.82) is 0 Å². The lowest BCUT2D eigenvalue weighted by Crippen LogP contribution is -2.22. The standard InChI is InChI=1S/C23H28N4O2S/c1-5-27(6-2)18-10-13-20(16(4)14-18)25-22(28)21-15-30-23(26-21)24-17-8-11-19(12-9-17)29-7-3/h8-15H,5-7H2,1-4H3,(H,24,26)(H,25,28). The topological polar surface area (TPSA) is 66.5 Å². The van der Waals surface area contributed by atoms with E-state index in [1.807, 2.05) is 50.2 Å². The van der Waals surface area contributed by atoms with Crippen LogP contribution in [-0.4, -0.2) is 30.6 Å². The predicted molar refractivity (Wildman–Crippen MR) is 126 cm³/mol. The molecule has 0 radical (unpaired) electrons. The summed E-state index contributed by atoms with van der Waals surface area (Å²) >= 11 is 1.39. The van der Waals surface area contributed by atoms with Crippen LogP contribution in [0.3, 0.4) is 0 Å². The first-order valence-electron chi connectivity index (χ1n) is 10.2. The Hall–Kier alpha value is -3.06. The summed E-state index contributed by atoms with van der Waals surface area (Å²) in [6.07, 6.45) is 0. The molecular formula is C23H28N4O2S. The first-order chi connectivity index (χ1) is 14.5. The zero-order valence-corrected chi connectivity index (χ0v) is 18.7. The van der Waals surface area contributed by atoms with Gasteiger partial charge in [-0.05, 0) is 75.7 Å². The number of benzene rings is 2. The van der Waals surface area contributed by atoms with Gasteiger partial charge in [-0.1, -0.05) is 0 Å². The number of hydrogen-bond acceptors (Lipinski definition) is 6. The van der Waals surface area contributed by atoms with Crippen molar-refractivity contribution in [2.24, 2.45) is 0 Å². The van der Waals surface area contributed by atoms with E-state index in [-0.39, 0.29) is 5.91 Å². The average Bonchev–Trinajstić information content (AvgIpc) is 3.21. The molecule has 0 saturated carbocycles. The zero-order valence-electron chi connectivity index (χ0n) is 17.9. The Morgan fingerprint density at radius 3 is 2.47 bits per heavy atom. The molecule has 0 aliphatic carbocycles. The van der Waals surface area contributed by atoms with E-state index in [1.54, 1.807) is 5.38 Å². The van der Waals surface area contributed by atoms with Crippen molar-refractivity contribution in [2.45, 2.75) is 27.7 Å². The van der Waals surface area contributed by atoms with Crippen LogP contribution in [0.25, 0.3) is 0 Å². The van der Waals surface area contributed by atoms with Gasteiger partial charge >= 0.3 is 0 Å². The third-order valence-corrected chi connectivity index (χ3v) is 5.50. The first kappa shape index (κ1) is 21.6.